The second-order valence-corrected chi connectivity index (χ2v) is 6.82. The van der Waals surface area contributed by atoms with E-state index in [1.807, 2.05) is 56.6 Å². The number of nitrogens with one attached hydrogen (secondary N) is 1. The van der Waals surface area contributed by atoms with Gasteiger partial charge in [0.15, 0.2) is 17.5 Å². The largest absolute Gasteiger partial charge is 0.497 e. The Bertz CT molecular complexity index is 806. The van der Waals surface area contributed by atoms with E-state index in [9.17, 15) is 0 Å². The summed E-state index contributed by atoms with van der Waals surface area (Å²) in [6, 6.07) is 13.8. The van der Waals surface area contributed by atoms with Gasteiger partial charge in [0.25, 0.3) is 0 Å². The highest BCUT2D eigenvalue weighted by atomic mass is 16.5. The summed E-state index contributed by atoms with van der Waals surface area (Å²) in [5.74, 6) is 2.67. The summed E-state index contributed by atoms with van der Waals surface area (Å²) < 4.78 is 16.6. The second-order valence-electron chi connectivity index (χ2n) is 6.82. The lowest BCUT2D eigenvalue weighted by Crippen LogP contribution is -2.27. The van der Waals surface area contributed by atoms with Gasteiger partial charge in [0.2, 0.25) is 0 Å². The number of fused-ring (bicyclic) bond motifs is 1. The van der Waals surface area contributed by atoms with Gasteiger partial charge < -0.3 is 30.2 Å². The fourth-order valence-electron chi connectivity index (χ4n) is 3.01. The topological polar surface area (TPSA) is 81.3 Å². The third kappa shape index (κ3) is 5.07. The van der Waals surface area contributed by atoms with Crippen molar-refractivity contribution in [2.45, 2.75) is 12.5 Å². The van der Waals surface area contributed by atoms with E-state index >= 15 is 0 Å². The number of hydrogen-bond donors (Lipinski definition) is 2. The van der Waals surface area contributed by atoms with Gasteiger partial charge in [-0.3, -0.25) is 4.99 Å². The maximum absolute atomic E-state index is 6.11. The number of anilines is 1. The highest BCUT2D eigenvalue weighted by Crippen LogP contribution is 2.32. The molecule has 1 aliphatic heterocycles. The Balaban J connectivity index is 1.67. The molecule has 3 rings (SSSR count). The second kappa shape index (κ2) is 9.32. The molecule has 0 aliphatic carbocycles. The number of guanidine groups is 1. The summed E-state index contributed by atoms with van der Waals surface area (Å²) in [5, 5.41) is 3.13. The molecule has 0 aromatic heterocycles. The first-order valence-corrected chi connectivity index (χ1v) is 9.34. The zero-order chi connectivity index (χ0) is 19.9. The molecule has 2 aromatic rings. The highest BCUT2D eigenvalue weighted by Gasteiger charge is 2.14. The van der Waals surface area contributed by atoms with E-state index in [2.05, 4.69) is 15.2 Å². The van der Waals surface area contributed by atoms with Crippen molar-refractivity contribution in [2.24, 2.45) is 10.7 Å². The minimum atomic E-state index is 0.107. The molecular formula is C21H28N4O3. The zero-order valence-corrected chi connectivity index (χ0v) is 16.6. The molecule has 1 aliphatic rings. The van der Waals surface area contributed by atoms with Crippen LogP contribution in [0.4, 0.5) is 5.69 Å². The summed E-state index contributed by atoms with van der Waals surface area (Å²) in [4.78, 5) is 6.65. The molecule has 150 valence electrons. The summed E-state index contributed by atoms with van der Waals surface area (Å²) in [6.45, 7) is 1.84. The van der Waals surface area contributed by atoms with Gasteiger partial charge in [-0.2, -0.15) is 0 Å². The molecule has 0 fully saturated rings. The molecule has 1 unspecified atom stereocenters. The van der Waals surface area contributed by atoms with Gasteiger partial charge in [-0.1, -0.05) is 12.1 Å². The molecule has 0 saturated carbocycles. The Morgan fingerprint density at radius 3 is 2.54 bits per heavy atom. The zero-order valence-electron chi connectivity index (χ0n) is 16.6. The summed E-state index contributed by atoms with van der Waals surface area (Å²) in [5.41, 5.74) is 8.08. The van der Waals surface area contributed by atoms with E-state index in [1.54, 1.807) is 7.11 Å². The van der Waals surface area contributed by atoms with Crippen LogP contribution >= 0.6 is 0 Å². The predicted molar refractivity (Wildman–Crippen MR) is 112 cm³/mol. The molecule has 3 N–H and O–H groups in total. The third-order valence-electron chi connectivity index (χ3n) is 4.58. The van der Waals surface area contributed by atoms with Gasteiger partial charge in [0, 0.05) is 18.2 Å². The first-order valence-electron chi connectivity index (χ1n) is 9.34. The van der Waals surface area contributed by atoms with Crippen LogP contribution in [0.2, 0.25) is 0 Å². The minimum absolute atomic E-state index is 0.107. The maximum Gasteiger partial charge on any atom is 0.193 e. The molecule has 7 heteroatoms. The standard InChI is InChI=1S/C21H28N4O3/c1-25(2)18(15-5-8-17(26-3)9-6-15)14-23-21(22)24-16-7-10-19-20(13-16)28-12-4-11-27-19/h5-10,13,18H,4,11-12,14H2,1-3H3,(H3,22,23,24). The normalized spacial score (nSPS) is 15.1. The van der Waals surface area contributed by atoms with Crippen LogP contribution in [0.25, 0.3) is 0 Å². The molecular weight excluding hydrogens is 356 g/mol. The van der Waals surface area contributed by atoms with Crippen LogP contribution in [0.1, 0.15) is 18.0 Å². The predicted octanol–water partition coefficient (Wildman–Crippen LogP) is 2.89. The van der Waals surface area contributed by atoms with Crippen molar-refractivity contribution < 1.29 is 14.2 Å². The van der Waals surface area contributed by atoms with Crippen LogP contribution in [0.15, 0.2) is 47.5 Å². The lowest BCUT2D eigenvalue weighted by molar-refractivity contribution is 0.297. The van der Waals surface area contributed by atoms with Crippen molar-refractivity contribution in [3.8, 4) is 17.2 Å². The lowest BCUT2D eigenvalue weighted by atomic mass is 10.1. The molecule has 7 nitrogen and oxygen atoms in total. The van der Waals surface area contributed by atoms with Crippen LogP contribution in [0.5, 0.6) is 17.2 Å². The summed E-state index contributed by atoms with van der Waals surface area (Å²) in [6.07, 6.45) is 0.873. The van der Waals surface area contributed by atoms with Crippen LogP contribution < -0.4 is 25.3 Å². The number of hydrogen-bond acceptors (Lipinski definition) is 5. The van der Waals surface area contributed by atoms with Gasteiger partial charge in [-0.25, -0.2) is 0 Å². The Hall–Kier alpha value is -2.93. The number of ether oxygens (including phenoxy) is 3. The fourth-order valence-corrected chi connectivity index (χ4v) is 3.01. The van der Waals surface area contributed by atoms with E-state index in [0.29, 0.717) is 25.7 Å². The molecule has 0 bridgehead atoms. The van der Waals surface area contributed by atoms with E-state index in [0.717, 1.165) is 34.9 Å². The Kier molecular flexibility index (Phi) is 6.60. The van der Waals surface area contributed by atoms with Gasteiger partial charge in [-0.15, -0.1) is 0 Å². The highest BCUT2D eigenvalue weighted by molar-refractivity contribution is 5.92. The molecule has 28 heavy (non-hydrogen) atoms. The molecule has 1 heterocycles. The fraction of sp³-hybridized carbons (Fsp3) is 0.381. The first kappa shape index (κ1) is 19.8. The number of likely N-dealkylation sites (N-methyl/N-ethyl adjacent to an activating group) is 1. The Morgan fingerprint density at radius 2 is 1.86 bits per heavy atom. The lowest BCUT2D eigenvalue weighted by Gasteiger charge is -2.23. The van der Waals surface area contributed by atoms with Crippen LogP contribution in [0.3, 0.4) is 0 Å². The van der Waals surface area contributed by atoms with Gasteiger partial charge in [0.1, 0.15) is 5.75 Å². The molecule has 0 radical (unpaired) electrons. The van der Waals surface area contributed by atoms with Crippen LogP contribution in [-0.2, 0) is 0 Å². The van der Waals surface area contributed by atoms with Crippen molar-refractivity contribution in [3.63, 3.8) is 0 Å². The Morgan fingerprint density at radius 1 is 1.14 bits per heavy atom. The maximum atomic E-state index is 6.11. The Labute approximate surface area is 166 Å². The molecule has 0 saturated heterocycles. The third-order valence-corrected chi connectivity index (χ3v) is 4.58. The smallest absolute Gasteiger partial charge is 0.193 e. The minimum Gasteiger partial charge on any atom is -0.497 e. The van der Waals surface area contributed by atoms with Crippen molar-refractivity contribution in [1.29, 1.82) is 0 Å². The molecule has 1 atom stereocenters. The number of rotatable bonds is 6. The number of nitrogens with zero attached hydrogens (tertiary/aromatic N) is 2. The molecule has 0 amide bonds. The summed E-state index contributed by atoms with van der Waals surface area (Å²) in [7, 11) is 5.71. The quantitative estimate of drug-likeness (QED) is 0.589. The monoisotopic (exact) mass is 384 g/mol. The van der Waals surface area contributed by atoms with Crippen molar-refractivity contribution >= 4 is 11.6 Å². The van der Waals surface area contributed by atoms with Crippen LogP contribution in [0, 0.1) is 0 Å². The van der Waals surface area contributed by atoms with Gasteiger partial charge in [0.05, 0.1) is 32.9 Å². The number of methoxy groups -OCH3 is 1. The van der Waals surface area contributed by atoms with Crippen molar-refractivity contribution in [2.75, 3.05) is 46.3 Å². The SMILES string of the molecule is COc1ccc(C(CN=C(N)Nc2ccc3c(c2)OCCCO3)N(C)C)cc1. The van der Waals surface area contributed by atoms with Crippen molar-refractivity contribution in [3.05, 3.63) is 48.0 Å². The van der Waals surface area contributed by atoms with E-state index in [-0.39, 0.29) is 6.04 Å². The van der Waals surface area contributed by atoms with Crippen LogP contribution in [-0.4, -0.2) is 51.8 Å². The number of nitrogens with two attached hydrogens (primary N) is 1. The van der Waals surface area contributed by atoms with E-state index in [1.165, 1.54) is 0 Å². The van der Waals surface area contributed by atoms with Gasteiger partial charge >= 0.3 is 0 Å². The van der Waals surface area contributed by atoms with Gasteiger partial charge in [-0.05, 0) is 43.9 Å². The average Bonchev–Trinajstić information content (AvgIpc) is 2.93. The van der Waals surface area contributed by atoms with E-state index < -0.39 is 0 Å². The molecule has 2 aromatic carbocycles. The summed E-state index contributed by atoms with van der Waals surface area (Å²) >= 11 is 0. The van der Waals surface area contributed by atoms with Crippen molar-refractivity contribution in [1.82, 2.24) is 4.90 Å². The first-order chi connectivity index (χ1) is 13.6. The number of aliphatic imine (C=N–C) groups is 1. The molecule has 0 spiro atoms. The van der Waals surface area contributed by atoms with E-state index in [4.69, 9.17) is 19.9 Å². The average molecular weight is 384 g/mol. The number of benzene rings is 2.